The number of benzene rings is 1. The molecule has 1 unspecified atom stereocenters. The molecular formula is C15H22N2. The van der Waals surface area contributed by atoms with Crippen molar-refractivity contribution in [2.45, 2.75) is 47.1 Å². The smallest absolute Gasteiger partial charge is 0.0924 e. The third-order valence-corrected chi connectivity index (χ3v) is 3.54. The molecule has 0 fully saturated rings. The van der Waals surface area contributed by atoms with Gasteiger partial charge >= 0.3 is 0 Å². The van der Waals surface area contributed by atoms with E-state index in [0.717, 1.165) is 13.0 Å². The Kier molecular flexibility index (Phi) is 4.72. The van der Waals surface area contributed by atoms with Crippen LogP contribution in [0.15, 0.2) is 6.07 Å². The van der Waals surface area contributed by atoms with Gasteiger partial charge in [-0.1, -0.05) is 6.07 Å². The molecule has 2 heteroatoms. The second kappa shape index (κ2) is 5.84. The van der Waals surface area contributed by atoms with Crippen LogP contribution in [0.4, 0.5) is 0 Å². The average molecular weight is 230 g/mol. The number of nitrogens with zero attached hydrogens (tertiary/aromatic N) is 1. The summed E-state index contributed by atoms with van der Waals surface area (Å²) in [5, 5.41) is 11.9. The molecule has 1 rings (SSSR count). The van der Waals surface area contributed by atoms with Crippen LogP contribution in [0, 0.1) is 39.0 Å². The molecule has 0 aliphatic heterocycles. The van der Waals surface area contributed by atoms with Gasteiger partial charge in [-0.05, 0) is 68.9 Å². The van der Waals surface area contributed by atoms with E-state index in [1.54, 1.807) is 0 Å². The highest BCUT2D eigenvalue weighted by Crippen LogP contribution is 2.21. The Morgan fingerprint density at radius 1 is 1.18 bits per heavy atom. The molecule has 1 N–H and O–H groups in total. The van der Waals surface area contributed by atoms with Crippen molar-refractivity contribution in [3.63, 3.8) is 0 Å². The third-order valence-electron chi connectivity index (χ3n) is 3.54. The topological polar surface area (TPSA) is 35.8 Å². The molecule has 0 saturated carbocycles. The third kappa shape index (κ3) is 3.31. The van der Waals surface area contributed by atoms with Crippen LogP contribution in [0.25, 0.3) is 0 Å². The summed E-state index contributed by atoms with van der Waals surface area (Å²) in [5.74, 6) is 0. The highest BCUT2D eigenvalue weighted by Gasteiger charge is 2.08. The Morgan fingerprint density at radius 3 is 2.18 bits per heavy atom. The molecule has 1 atom stereocenters. The Bertz CT molecular complexity index is 415. The highest BCUT2D eigenvalue weighted by atomic mass is 14.9. The summed E-state index contributed by atoms with van der Waals surface area (Å²) in [7, 11) is 0. The second-order valence-corrected chi connectivity index (χ2v) is 4.79. The van der Waals surface area contributed by atoms with Gasteiger partial charge in [0.2, 0.25) is 0 Å². The molecule has 17 heavy (non-hydrogen) atoms. The number of nitrogens with one attached hydrogen (secondary N) is 1. The van der Waals surface area contributed by atoms with E-state index in [1.807, 2.05) is 6.92 Å². The maximum atomic E-state index is 8.72. The fraction of sp³-hybridized carbons (Fsp3) is 0.533. The molecule has 0 aliphatic carbocycles. The number of nitriles is 1. The lowest BCUT2D eigenvalue weighted by Crippen LogP contribution is -2.26. The number of hydrogen-bond acceptors (Lipinski definition) is 2. The van der Waals surface area contributed by atoms with Crippen LogP contribution in [0.2, 0.25) is 0 Å². The monoisotopic (exact) mass is 230 g/mol. The van der Waals surface area contributed by atoms with Gasteiger partial charge in [-0.2, -0.15) is 5.26 Å². The van der Waals surface area contributed by atoms with Crippen molar-refractivity contribution in [1.29, 1.82) is 5.26 Å². The summed E-state index contributed by atoms with van der Waals surface area (Å²) in [6.07, 6.45) is 0.992. The molecule has 0 spiro atoms. The summed E-state index contributed by atoms with van der Waals surface area (Å²) in [4.78, 5) is 0. The van der Waals surface area contributed by atoms with Gasteiger partial charge in [-0.15, -0.1) is 0 Å². The van der Waals surface area contributed by atoms with Gasteiger partial charge in [0.25, 0.3) is 0 Å². The molecular weight excluding hydrogens is 208 g/mol. The zero-order valence-electron chi connectivity index (χ0n) is 11.5. The molecule has 1 aromatic carbocycles. The zero-order chi connectivity index (χ0) is 13.0. The van der Waals surface area contributed by atoms with Crippen LogP contribution in [0.5, 0.6) is 0 Å². The van der Waals surface area contributed by atoms with Gasteiger partial charge < -0.3 is 5.32 Å². The molecule has 0 heterocycles. The SMILES string of the molecule is Cc1cc(C)c(C)c(CCNC(C)C#N)c1C. The van der Waals surface area contributed by atoms with Crippen LogP contribution < -0.4 is 5.32 Å². The van der Waals surface area contributed by atoms with Crippen molar-refractivity contribution in [2.24, 2.45) is 0 Å². The molecule has 0 aliphatic rings. The summed E-state index contributed by atoms with van der Waals surface area (Å²) < 4.78 is 0. The van der Waals surface area contributed by atoms with Gasteiger partial charge in [-0.3, -0.25) is 0 Å². The predicted octanol–water partition coefficient (Wildman–Crippen LogP) is 2.96. The molecule has 0 amide bonds. The van der Waals surface area contributed by atoms with E-state index in [0.29, 0.717) is 0 Å². The van der Waals surface area contributed by atoms with E-state index in [-0.39, 0.29) is 6.04 Å². The average Bonchev–Trinajstić information content (AvgIpc) is 2.30. The van der Waals surface area contributed by atoms with E-state index in [9.17, 15) is 0 Å². The minimum absolute atomic E-state index is 0.0680. The quantitative estimate of drug-likeness (QED) is 0.863. The molecule has 0 bridgehead atoms. The fourth-order valence-corrected chi connectivity index (χ4v) is 2.13. The van der Waals surface area contributed by atoms with Crippen LogP contribution in [0.3, 0.4) is 0 Å². The maximum Gasteiger partial charge on any atom is 0.0924 e. The summed E-state index contributed by atoms with van der Waals surface area (Å²) in [6, 6.07) is 4.37. The van der Waals surface area contributed by atoms with Crippen molar-refractivity contribution < 1.29 is 0 Å². The standard InChI is InChI=1S/C15H22N2/c1-10-8-11(2)14(5)15(13(10)4)6-7-17-12(3)9-16/h8,12,17H,6-7H2,1-5H3. The lowest BCUT2D eigenvalue weighted by Gasteiger charge is -2.16. The predicted molar refractivity (Wildman–Crippen MR) is 72.2 cm³/mol. The van der Waals surface area contributed by atoms with Crippen molar-refractivity contribution >= 4 is 0 Å². The van der Waals surface area contributed by atoms with Gasteiger partial charge in [-0.25, -0.2) is 0 Å². The minimum Gasteiger partial charge on any atom is -0.302 e. The summed E-state index contributed by atoms with van der Waals surface area (Å²) in [5.41, 5.74) is 6.92. The molecule has 2 nitrogen and oxygen atoms in total. The molecule has 0 radical (unpaired) electrons. The van der Waals surface area contributed by atoms with Gasteiger partial charge in [0.1, 0.15) is 0 Å². The zero-order valence-corrected chi connectivity index (χ0v) is 11.5. The lowest BCUT2D eigenvalue weighted by atomic mass is 9.92. The number of rotatable bonds is 4. The highest BCUT2D eigenvalue weighted by molar-refractivity contribution is 5.44. The first-order chi connectivity index (χ1) is 7.97. The van der Waals surface area contributed by atoms with E-state index in [4.69, 9.17) is 5.26 Å². The first kappa shape index (κ1) is 13.7. The van der Waals surface area contributed by atoms with Crippen molar-refractivity contribution in [1.82, 2.24) is 5.32 Å². The first-order valence-electron chi connectivity index (χ1n) is 6.16. The molecule has 0 aromatic heterocycles. The molecule has 1 aromatic rings. The lowest BCUT2D eigenvalue weighted by molar-refractivity contribution is 0.638. The summed E-state index contributed by atoms with van der Waals surface area (Å²) >= 11 is 0. The Balaban J connectivity index is 2.81. The van der Waals surface area contributed by atoms with Crippen molar-refractivity contribution in [3.05, 3.63) is 33.9 Å². The van der Waals surface area contributed by atoms with E-state index in [2.05, 4.69) is 45.1 Å². The molecule has 92 valence electrons. The molecule has 0 saturated heterocycles. The number of hydrogen-bond donors (Lipinski definition) is 1. The largest absolute Gasteiger partial charge is 0.302 e. The minimum atomic E-state index is -0.0680. The van der Waals surface area contributed by atoms with E-state index < -0.39 is 0 Å². The fourth-order valence-electron chi connectivity index (χ4n) is 2.13. The maximum absolute atomic E-state index is 8.72. The van der Waals surface area contributed by atoms with Crippen LogP contribution in [-0.4, -0.2) is 12.6 Å². The first-order valence-corrected chi connectivity index (χ1v) is 6.16. The Labute approximate surface area is 105 Å². The van der Waals surface area contributed by atoms with E-state index in [1.165, 1.54) is 27.8 Å². The van der Waals surface area contributed by atoms with Gasteiger partial charge in [0.15, 0.2) is 0 Å². The second-order valence-electron chi connectivity index (χ2n) is 4.79. The van der Waals surface area contributed by atoms with E-state index >= 15 is 0 Å². The Hall–Kier alpha value is -1.33. The van der Waals surface area contributed by atoms with Crippen LogP contribution in [-0.2, 0) is 6.42 Å². The van der Waals surface area contributed by atoms with Crippen molar-refractivity contribution in [3.8, 4) is 6.07 Å². The van der Waals surface area contributed by atoms with Crippen molar-refractivity contribution in [2.75, 3.05) is 6.54 Å². The number of aryl methyl sites for hydroxylation is 2. The normalized spacial score (nSPS) is 12.2. The van der Waals surface area contributed by atoms with Crippen LogP contribution >= 0.6 is 0 Å². The Morgan fingerprint density at radius 2 is 1.71 bits per heavy atom. The van der Waals surface area contributed by atoms with Gasteiger partial charge in [0, 0.05) is 6.54 Å². The summed E-state index contributed by atoms with van der Waals surface area (Å²) in [6.45, 7) is 11.4. The van der Waals surface area contributed by atoms with Gasteiger partial charge in [0.05, 0.1) is 12.1 Å². The van der Waals surface area contributed by atoms with Crippen LogP contribution in [0.1, 0.15) is 34.7 Å².